The van der Waals surface area contributed by atoms with Crippen LogP contribution in [0.4, 0.5) is 4.39 Å². The van der Waals surface area contributed by atoms with Gasteiger partial charge in [0, 0.05) is 11.4 Å². The average Bonchev–Trinajstić information content (AvgIpc) is 2.42. The number of pyridine rings is 1. The van der Waals surface area contributed by atoms with Crippen LogP contribution in [0.15, 0.2) is 30.3 Å². The van der Waals surface area contributed by atoms with E-state index in [2.05, 4.69) is 29.4 Å². The van der Waals surface area contributed by atoms with E-state index in [4.69, 9.17) is 0 Å². The highest BCUT2D eigenvalue weighted by Gasteiger charge is 2.15. The molecule has 0 aliphatic heterocycles. The van der Waals surface area contributed by atoms with Crippen LogP contribution < -0.4 is 5.32 Å². The van der Waals surface area contributed by atoms with E-state index in [-0.39, 0.29) is 11.9 Å². The molecule has 0 saturated carbocycles. The van der Waals surface area contributed by atoms with Crippen LogP contribution in [0.5, 0.6) is 0 Å². The van der Waals surface area contributed by atoms with Crippen molar-refractivity contribution in [3.05, 3.63) is 64.2 Å². The SMILES string of the molecule is CCCNC(c1cc(C)nc(C)c1)c1ccc(C)c(F)c1. The fourth-order valence-electron chi connectivity index (χ4n) is 2.54. The summed E-state index contributed by atoms with van der Waals surface area (Å²) in [5.74, 6) is -0.154. The summed E-state index contributed by atoms with van der Waals surface area (Å²) in [6.07, 6.45) is 1.04. The molecular formula is C18H23FN2. The molecule has 112 valence electrons. The van der Waals surface area contributed by atoms with Gasteiger partial charge in [-0.3, -0.25) is 4.98 Å². The number of hydrogen-bond acceptors (Lipinski definition) is 2. The van der Waals surface area contributed by atoms with Crippen LogP contribution in [-0.2, 0) is 0 Å². The van der Waals surface area contributed by atoms with Gasteiger partial charge >= 0.3 is 0 Å². The maximum atomic E-state index is 13.9. The smallest absolute Gasteiger partial charge is 0.126 e. The molecule has 1 atom stereocenters. The predicted molar refractivity (Wildman–Crippen MR) is 85.0 cm³/mol. The van der Waals surface area contributed by atoms with Crippen LogP contribution in [0, 0.1) is 26.6 Å². The van der Waals surface area contributed by atoms with Gasteiger partial charge < -0.3 is 5.32 Å². The number of rotatable bonds is 5. The molecule has 0 saturated heterocycles. The minimum absolute atomic E-state index is 0.000417. The van der Waals surface area contributed by atoms with Crippen molar-refractivity contribution in [1.29, 1.82) is 0 Å². The van der Waals surface area contributed by atoms with Gasteiger partial charge in [-0.05, 0) is 68.6 Å². The summed E-state index contributed by atoms with van der Waals surface area (Å²) < 4.78 is 13.9. The van der Waals surface area contributed by atoms with E-state index in [9.17, 15) is 4.39 Å². The Hall–Kier alpha value is -1.74. The Kier molecular flexibility index (Phi) is 5.07. The Labute approximate surface area is 126 Å². The van der Waals surface area contributed by atoms with E-state index in [1.807, 2.05) is 26.0 Å². The fraction of sp³-hybridized carbons (Fsp3) is 0.389. The summed E-state index contributed by atoms with van der Waals surface area (Å²) in [6, 6.07) is 9.60. The fourth-order valence-corrected chi connectivity index (χ4v) is 2.54. The summed E-state index contributed by atoms with van der Waals surface area (Å²) >= 11 is 0. The first-order valence-electron chi connectivity index (χ1n) is 7.46. The quantitative estimate of drug-likeness (QED) is 0.889. The average molecular weight is 286 g/mol. The Bertz CT molecular complexity index is 602. The number of nitrogens with one attached hydrogen (secondary N) is 1. The van der Waals surface area contributed by atoms with Crippen molar-refractivity contribution < 1.29 is 4.39 Å². The van der Waals surface area contributed by atoms with Crippen molar-refractivity contribution in [2.45, 2.75) is 40.2 Å². The summed E-state index contributed by atoms with van der Waals surface area (Å²) in [5.41, 5.74) is 4.74. The van der Waals surface area contributed by atoms with E-state index in [0.717, 1.165) is 35.5 Å². The van der Waals surface area contributed by atoms with Gasteiger partial charge in [-0.15, -0.1) is 0 Å². The molecular weight excluding hydrogens is 263 g/mol. The summed E-state index contributed by atoms with van der Waals surface area (Å²) in [7, 11) is 0. The Morgan fingerprint density at radius 1 is 1.05 bits per heavy atom. The van der Waals surface area contributed by atoms with E-state index in [1.165, 1.54) is 0 Å². The first-order chi connectivity index (χ1) is 10.0. The van der Waals surface area contributed by atoms with Gasteiger partial charge in [0.2, 0.25) is 0 Å². The lowest BCUT2D eigenvalue weighted by molar-refractivity contribution is 0.581. The van der Waals surface area contributed by atoms with Gasteiger partial charge in [-0.25, -0.2) is 4.39 Å². The Morgan fingerprint density at radius 2 is 1.71 bits per heavy atom. The topological polar surface area (TPSA) is 24.9 Å². The third kappa shape index (κ3) is 3.88. The van der Waals surface area contributed by atoms with Crippen molar-refractivity contribution in [3.63, 3.8) is 0 Å². The molecule has 0 amide bonds. The van der Waals surface area contributed by atoms with Gasteiger partial charge in [-0.1, -0.05) is 19.1 Å². The number of halogens is 1. The largest absolute Gasteiger partial charge is 0.306 e. The van der Waals surface area contributed by atoms with Gasteiger partial charge in [0.1, 0.15) is 5.82 Å². The molecule has 0 fully saturated rings. The molecule has 0 aliphatic rings. The molecule has 1 aromatic heterocycles. The zero-order chi connectivity index (χ0) is 15.4. The normalized spacial score (nSPS) is 12.4. The van der Waals surface area contributed by atoms with Crippen molar-refractivity contribution >= 4 is 0 Å². The van der Waals surface area contributed by atoms with Crippen LogP contribution in [-0.4, -0.2) is 11.5 Å². The molecule has 2 rings (SSSR count). The number of aromatic nitrogens is 1. The molecule has 21 heavy (non-hydrogen) atoms. The zero-order valence-electron chi connectivity index (χ0n) is 13.2. The third-order valence-electron chi connectivity index (χ3n) is 3.56. The number of benzene rings is 1. The monoisotopic (exact) mass is 286 g/mol. The predicted octanol–water partition coefficient (Wildman–Crippen LogP) is 4.23. The number of aryl methyl sites for hydroxylation is 3. The van der Waals surface area contributed by atoms with Crippen LogP contribution in [0.3, 0.4) is 0 Å². The first kappa shape index (κ1) is 15.6. The highest BCUT2D eigenvalue weighted by Crippen LogP contribution is 2.25. The second-order valence-corrected chi connectivity index (χ2v) is 5.58. The van der Waals surface area contributed by atoms with E-state index in [0.29, 0.717) is 5.56 Å². The molecule has 2 nitrogen and oxygen atoms in total. The second-order valence-electron chi connectivity index (χ2n) is 5.58. The number of nitrogens with zero attached hydrogens (tertiary/aromatic N) is 1. The van der Waals surface area contributed by atoms with Gasteiger partial charge in [0.25, 0.3) is 0 Å². The molecule has 1 N–H and O–H groups in total. The van der Waals surface area contributed by atoms with Crippen LogP contribution in [0.1, 0.15) is 47.5 Å². The van der Waals surface area contributed by atoms with Crippen molar-refractivity contribution in [3.8, 4) is 0 Å². The first-order valence-corrected chi connectivity index (χ1v) is 7.46. The molecule has 1 heterocycles. The summed E-state index contributed by atoms with van der Waals surface area (Å²) in [5, 5.41) is 3.51. The molecule has 0 bridgehead atoms. The maximum absolute atomic E-state index is 13.9. The highest BCUT2D eigenvalue weighted by molar-refractivity contribution is 5.35. The van der Waals surface area contributed by atoms with Crippen molar-refractivity contribution in [2.75, 3.05) is 6.54 Å². The Morgan fingerprint density at radius 3 is 2.29 bits per heavy atom. The van der Waals surface area contributed by atoms with Crippen molar-refractivity contribution in [2.24, 2.45) is 0 Å². The van der Waals surface area contributed by atoms with Crippen LogP contribution in [0.2, 0.25) is 0 Å². The lowest BCUT2D eigenvalue weighted by Crippen LogP contribution is -2.23. The van der Waals surface area contributed by atoms with Gasteiger partial charge in [-0.2, -0.15) is 0 Å². The van der Waals surface area contributed by atoms with E-state index in [1.54, 1.807) is 13.0 Å². The zero-order valence-corrected chi connectivity index (χ0v) is 13.2. The minimum Gasteiger partial charge on any atom is -0.306 e. The molecule has 0 spiro atoms. The van der Waals surface area contributed by atoms with Gasteiger partial charge in [0.15, 0.2) is 0 Å². The Balaban J connectivity index is 2.43. The second kappa shape index (κ2) is 6.81. The maximum Gasteiger partial charge on any atom is 0.126 e. The summed E-state index contributed by atoms with van der Waals surface area (Å²) in [6.45, 7) is 8.78. The molecule has 0 radical (unpaired) electrons. The van der Waals surface area contributed by atoms with Crippen LogP contribution >= 0.6 is 0 Å². The van der Waals surface area contributed by atoms with E-state index >= 15 is 0 Å². The standard InChI is InChI=1S/C18H23FN2/c1-5-8-20-18(15-7-6-12(2)17(19)11-15)16-9-13(3)21-14(4)10-16/h6-7,9-11,18,20H,5,8H2,1-4H3. The lowest BCUT2D eigenvalue weighted by Gasteiger charge is -2.21. The number of hydrogen-bond donors (Lipinski definition) is 1. The molecule has 2 aromatic rings. The van der Waals surface area contributed by atoms with Crippen molar-refractivity contribution in [1.82, 2.24) is 10.3 Å². The highest BCUT2D eigenvalue weighted by atomic mass is 19.1. The minimum atomic E-state index is -0.154. The van der Waals surface area contributed by atoms with Gasteiger partial charge in [0.05, 0.1) is 6.04 Å². The molecule has 0 aliphatic carbocycles. The van der Waals surface area contributed by atoms with Crippen LogP contribution in [0.25, 0.3) is 0 Å². The third-order valence-corrected chi connectivity index (χ3v) is 3.56. The lowest BCUT2D eigenvalue weighted by atomic mass is 9.97. The molecule has 1 aromatic carbocycles. The molecule has 3 heteroatoms. The van der Waals surface area contributed by atoms with E-state index < -0.39 is 0 Å². The molecule has 1 unspecified atom stereocenters. The summed E-state index contributed by atoms with van der Waals surface area (Å²) in [4.78, 5) is 4.42.